The number of nitrogens with two attached hydrogens (primary N) is 1. The van der Waals surface area contributed by atoms with Crippen molar-refractivity contribution in [3.63, 3.8) is 0 Å². The molecule has 0 atom stereocenters. The summed E-state index contributed by atoms with van der Waals surface area (Å²) in [4.78, 5) is 8.73. The number of benzene rings is 1. The molecule has 0 aliphatic rings. The van der Waals surface area contributed by atoms with Gasteiger partial charge in [0.25, 0.3) is 0 Å². The third kappa shape index (κ3) is 1.54. The zero-order chi connectivity index (χ0) is 12.7. The molecule has 0 aliphatic carbocycles. The first-order valence-corrected chi connectivity index (χ1v) is 5.80. The minimum absolute atomic E-state index is 0.751. The lowest BCUT2D eigenvalue weighted by molar-refractivity contribution is 0.957. The van der Waals surface area contributed by atoms with Crippen molar-refractivity contribution in [2.45, 2.75) is 6.92 Å². The van der Waals surface area contributed by atoms with Gasteiger partial charge < -0.3 is 10.3 Å². The third-order valence-corrected chi connectivity index (χ3v) is 3.19. The van der Waals surface area contributed by atoms with Crippen LogP contribution in [0.3, 0.4) is 0 Å². The van der Waals surface area contributed by atoms with E-state index in [1.54, 1.807) is 12.4 Å². The molecule has 1 aromatic carbocycles. The molecule has 0 aliphatic heterocycles. The SMILES string of the molecule is Cc1ccc(N)cc1-c1nc2cnccc2n1C. The number of fused-ring (bicyclic) bond motifs is 1. The van der Waals surface area contributed by atoms with Crippen molar-refractivity contribution in [2.75, 3.05) is 5.73 Å². The van der Waals surface area contributed by atoms with E-state index in [0.29, 0.717) is 0 Å². The van der Waals surface area contributed by atoms with E-state index in [2.05, 4.69) is 21.5 Å². The second kappa shape index (κ2) is 3.84. The maximum absolute atomic E-state index is 5.86. The molecule has 0 saturated carbocycles. The van der Waals surface area contributed by atoms with Crippen LogP contribution in [0.5, 0.6) is 0 Å². The van der Waals surface area contributed by atoms with Crippen molar-refractivity contribution in [1.29, 1.82) is 0 Å². The van der Waals surface area contributed by atoms with Crippen LogP contribution in [-0.2, 0) is 7.05 Å². The minimum atomic E-state index is 0.751. The number of imidazole rings is 1. The fraction of sp³-hybridized carbons (Fsp3) is 0.143. The lowest BCUT2D eigenvalue weighted by atomic mass is 10.1. The summed E-state index contributed by atoms with van der Waals surface area (Å²) in [5, 5.41) is 0. The van der Waals surface area contributed by atoms with Crippen molar-refractivity contribution in [3.05, 3.63) is 42.2 Å². The first kappa shape index (κ1) is 10.8. The topological polar surface area (TPSA) is 56.7 Å². The number of pyridine rings is 1. The summed E-state index contributed by atoms with van der Waals surface area (Å²) in [6.07, 6.45) is 3.56. The fourth-order valence-corrected chi connectivity index (χ4v) is 2.17. The van der Waals surface area contributed by atoms with E-state index >= 15 is 0 Å². The number of rotatable bonds is 1. The number of anilines is 1. The number of nitrogens with zero attached hydrogens (tertiary/aromatic N) is 3. The smallest absolute Gasteiger partial charge is 0.141 e. The first-order valence-electron chi connectivity index (χ1n) is 5.80. The van der Waals surface area contributed by atoms with Gasteiger partial charge >= 0.3 is 0 Å². The molecule has 3 rings (SSSR count). The van der Waals surface area contributed by atoms with Gasteiger partial charge in [-0.05, 0) is 30.7 Å². The number of aromatic nitrogens is 3. The highest BCUT2D eigenvalue weighted by Crippen LogP contribution is 2.27. The van der Waals surface area contributed by atoms with Crippen LogP contribution < -0.4 is 5.73 Å². The molecule has 4 heteroatoms. The van der Waals surface area contributed by atoms with Gasteiger partial charge in [0.05, 0.1) is 11.7 Å². The van der Waals surface area contributed by atoms with E-state index in [9.17, 15) is 0 Å². The largest absolute Gasteiger partial charge is 0.399 e. The summed E-state index contributed by atoms with van der Waals surface area (Å²) >= 11 is 0. The van der Waals surface area contributed by atoms with Crippen molar-refractivity contribution in [2.24, 2.45) is 7.05 Å². The average Bonchev–Trinajstić information content (AvgIpc) is 2.71. The molecule has 18 heavy (non-hydrogen) atoms. The predicted octanol–water partition coefficient (Wildman–Crippen LogP) is 2.53. The van der Waals surface area contributed by atoms with Crippen LogP contribution >= 0.6 is 0 Å². The van der Waals surface area contributed by atoms with Gasteiger partial charge in [-0.3, -0.25) is 4.98 Å². The van der Waals surface area contributed by atoms with Gasteiger partial charge in [0.15, 0.2) is 0 Å². The van der Waals surface area contributed by atoms with Gasteiger partial charge in [-0.15, -0.1) is 0 Å². The van der Waals surface area contributed by atoms with Gasteiger partial charge in [-0.25, -0.2) is 4.98 Å². The summed E-state index contributed by atoms with van der Waals surface area (Å²) in [6.45, 7) is 2.06. The van der Waals surface area contributed by atoms with Crippen LogP contribution in [0.1, 0.15) is 5.56 Å². The van der Waals surface area contributed by atoms with E-state index in [4.69, 9.17) is 5.73 Å². The molecule has 0 unspecified atom stereocenters. The third-order valence-electron chi connectivity index (χ3n) is 3.19. The van der Waals surface area contributed by atoms with Gasteiger partial charge in [0, 0.05) is 24.5 Å². The molecular formula is C14H14N4. The van der Waals surface area contributed by atoms with E-state index < -0.39 is 0 Å². The van der Waals surface area contributed by atoms with Crippen molar-refractivity contribution in [1.82, 2.24) is 14.5 Å². The van der Waals surface area contributed by atoms with Gasteiger partial charge in [-0.2, -0.15) is 0 Å². The fourth-order valence-electron chi connectivity index (χ4n) is 2.17. The zero-order valence-corrected chi connectivity index (χ0v) is 10.4. The van der Waals surface area contributed by atoms with Crippen molar-refractivity contribution >= 4 is 16.7 Å². The molecular weight excluding hydrogens is 224 g/mol. The van der Waals surface area contributed by atoms with Gasteiger partial charge in [0.2, 0.25) is 0 Å². The van der Waals surface area contributed by atoms with Crippen LogP contribution in [-0.4, -0.2) is 14.5 Å². The highest BCUT2D eigenvalue weighted by molar-refractivity contribution is 5.80. The molecule has 0 amide bonds. The standard InChI is InChI=1S/C14H14N4/c1-9-3-4-10(15)7-11(9)14-17-12-8-16-6-5-13(12)18(14)2/h3-8H,15H2,1-2H3. The highest BCUT2D eigenvalue weighted by atomic mass is 15.1. The summed E-state index contributed by atoms with van der Waals surface area (Å²) in [5.74, 6) is 0.919. The lowest BCUT2D eigenvalue weighted by Gasteiger charge is -2.07. The van der Waals surface area contributed by atoms with E-state index in [1.807, 2.05) is 31.3 Å². The molecule has 2 heterocycles. The highest BCUT2D eigenvalue weighted by Gasteiger charge is 2.11. The monoisotopic (exact) mass is 238 g/mol. The summed E-state index contributed by atoms with van der Waals surface area (Å²) in [5.41, 5.74) is 10.8. The Hall–Kier alpha value is -2.36. The Morgan fingerprint density at radius 1 is 1.22 bits per heavy atom. The number of nitrogen functional groups attached to an aromatic ring is 1. The minimum Gasteiger partial charge on any atom is -0.399 e. The molecule has 0 bridgehead atoms. The maximum Gasteiger partial charge on any atom is 0.141 e. The maximum atomic E-state index is 5.86. The van der Waals surface area contributed by atoms with Crippen LogP contribution in [0.15, 0.2) is 36.7 Å². The van der Waals surface area contributed by atoms with E-state index in [0.717, 1.165) is 33.7 Å². The molecule has 3 aromatic rings. The number of hydrogen-bond donors (Lipinski definition) is 1. The second-order valence-corrected chi connectivity index (χ2v) is 4.43. The second-order valence-electron chi connectivity index (χ2n) is 4.43. The van der Waals surface area contributed by atoms with Crippen molar-refractivity contribution < 1.29 is 0 Å². The van der Waals surface area contributed by atoms with Crippen LogP contribution in [0.4, 0.5) is 5.69 Å². The van der Waals surface area contributed by atoms with Crippen LogP contribution in [0.2, 0.25) is 0 Å². The van der Waals surface area contributed by atoms with E-state index in [-0.39, 0.29) is 0 Å². The molecule has 0 radical (unpaired) electrons. The summed E-state index contributed by atoms with van der Waals surface area (Å²) < 4.78 is 2.07. The summed E-state index contributed by atoms with van der Waals surface area (Å²) in [7, 11) is 2.01. The first-order chi connectivity index (χ1) is 8.66. The lowest BCUT2D eigenvalue weighted by Crippen LogP contribution is -1.96. The number of hydrogen-bond acceptors (Lipinski definition) is 3. The quantitative estimate of drug-likeness (QED) is 0.663. The molecule has 0 saturated heterocycles. The Balaban J connectivity index is 2.31. The Morgan fingerprint density at radius 3 is 2.83 bits per heavy atom. The van der Waals surface area contributed by atoms with Gasteiger partial charge in [-0.1, -0.05) is 6.07 Å². The molecule has 2 N–H and O–H groups in total. The van der Waals surface area contributed by atoms with Crippen LogP contribution in [0.25, 0.3) is 22.4 Å². The Bertz CT molecular complexity index is 728. The zero-order valence-electron chi connectivity index (χ0n) is 10.4. The van der Waals surface area contributed by atoms with E-state index in [1.165, 1.54) is 0 Å². The Kier molecular flexibility index (Phi) is 2.30. The average molecular weight is 238 g/mol. The predicted molar refractivity (Wildman–Crippen MR) is 73.1 cm³/mol. The van der Waals surface area contributed by atoms with Crippen LogP contribution in [0, 0.1) is 6.92 Å². The van der Waals surface area contributed by atoms with Gasteiger partial charge in [0.1, 0.15) is 11.3 Å². The normalized spacial score (nSPS) is 11.0. The molecule has 4 nitrogen and oxygen atoms in total. The Labute approximate surface area is 105 Å². The number of aryl methyl sites for hydroxylation is 2. The Morgan fingerprint density at radius 2 is 2.06 bits per heavy atom. The molecule has 0 spiro atoms. The summed E-state index contributed by atoms with van der Waals surface area (Å²) in [6, 6.07) is 7.85. The van der Waals surface area contributed by atoms with Crippen molar-refractivity contribution in [3.8, 4) is 11.4 Å². The molecule has 90 valence electrons. The molecule has 0 fully saturated rings. The molecule has 2 aromatic heterocycles.